The largest absolute Gasteiger partial charge is 0.399 e. The quantitative estimate of drug-likeness (QED) is 0.247. The minimum absolute atomic E-state index is 0.822. The van der Waals surface area contributed by atoms with Crippen molar-refractivity contribution in [2.45, 2.75) is 0 Å². The molecule has 154 valence electrons. The number of hydrogen-bond acceptors (Lipinski definition) is 2. The van der Waals surface area contributed by atoms with Gasteiger partial charge in [-0.2, -0.15) is 0 Å². The van der Waals surface area contributed by atoms with Gasteiger partial charge in [0.25, 0.3) is 0 Å². The van der Waals surface area contributed by atoms with E-state index in [1.807, 2.05) is 73.8 Å². The van der Waals surface area contributed by atoms with Gasteiger partial charge in [-0.25, -0.2) is 15.0 Å². The molecule has 5 heteroatoms. The molecule has 0 aromatic heterocycles. The van der Waals surface area contributed by atoms with E-state index in [4.69, 9.17) is 5.73 Å². The van der Waals surface area contributed by atoms with Crippen LogP contribution in [0.3, 0.4) is 0 Å². The Hall–Kier alpha value is -4.25. The van der Waals surface area contributed by atoms with E-state index in [-0.39, 0.29) is 0 Å². The van der Waals surface area contributed by atoms with Gasteiger partial charge in [-0.05, 0) is 36.4 Å². The number of hydrogen-bond donors (Lipinski definition) is 5. The fourth-order valence-corrected chi connectivity index (χ4v) is 2.81. The molecule has 0 bridgehead atoms. The first-order valence-corrected chi connectivity index (χ1v) is 10.0. The van der Waals surface area contributed by atoms with E-state index in [1.54, 1.807) is 0 Å². The monoisotopic (exact) mass is 410 g/mol. The molecule has 0 amide bonds. The average molecular weight is 411 g/mol. The predicted molar refractivity (Wildman–Crippen MR) is 131 cm³/mol. The van der Waals surface area contributed by atoms with Crippen LogP contribution in [0.25, 0.3) is 0 Å². The highest BCUT2D eigenvalue weighted by molar-refractivity contribution is 6.14. The number of benzene rings is 3. The van der Waals surface area contributed by atoms with Gasteiger partial charge in [0.05, 0.1) is 0 Å². The Labute approximate surface area is 183 Å². The summed E-state index contributed by atoms with van der Waals surface area (Å²) < 4.78 is 0. The minimum Gasteiger partial charge on any atom is -0.399 e. The maximum absolute atomic E-state index is 5.36. The van der Waals surface area contributed by atoms with Crippen LogP contribution >= 0.6 is 0 Å². The molecule has 0 fully saturated rings. The molecular weight excluding hydrogens is 382 g/mol. The Bertz CT molecular complexity index is 1090. The molecule has 0 radical (unpaired) electrons. The van der Waals surface area contributed by atoms with Gasteiger partial charge in [0.2, 0.25) is 17.1 Å². The molecule has 0 unspecified atom stereocenters. The lowest BCUT2D eigenvalue weighted by Crippen LogP contribution is -2.68. The zero-order valence-electron chi connectivity index (χ0n) is 17.6. The molecule has 0 saturated carbocycles. The molecule has 5 nitrogen and oxygen atoms in total. The average Bonchev–Trinajstić information content (AvgIpc) is 2.82. The summed E-state index contributed by atoms with van der Waals surface area (Å²) in [5.41, 5.74) is 12.5. The second-order valence-electron chi connectivity index (χ2n) is 6.82. The number of nitrogen functional groups attached to an aromatic ring is 1. The number of para-hydroxylation sites is 1. The van der Waals surface area contributed by atoms with Crippen molar-refractivity contribution >= 4 is 46.6 Å². The highest BCUT2D eigenvalue weighted by atomic mass is 14.9. The molecule has 6 N–H and O–H groups in total. The molecule has 0 saturated heterocycles. The normalized spacial score (nSPS) is 11.9. The topological polar surface area (TPSA) is 80.0 Å². The number of rotatable bonds is 4. The molecule has 1 aliphatic rings. The summed E-state index contributed by atoms with van der Waals surface area (Å²) in [5, 5.41) is 3.38. The van der Waals surface area contributed by atoms with Gasteiger partial charge >= 0.3 is 0 Å². The third-order valence-corrected chi connectivity index (χ3v) is 4.52. The van der Waals surface area contributed by atoms with Crippen molar-refractivity contribution in [2.75, 3.05) is 18.1 Å². The molecule has 31 heavy (non-hydrogen) atoms. The lowest BCUT2D eigenvalue weighted by molar-refractivity contribution is -0.417. The van der Waals surface area contributed by atoms with Crippen LogP contribution in [0.5, 0.6) is 0 Å². The smallest absolute Gasteiger partial charge is 0.204 e. The number of allylic oxidation sites excluding steroid dienone is 4. The maximum Gasteiger partial charge on any atom is 0.204 e. The number of nitrogens with one attached hydrogen (secondary N) is 4. The first-order valence-electron chi connectivity index (χ1n) is 10.0. The second-order valence-corrected chi connectivity index (χ2v) is 6.82. The summed E-state index contributed by atoms with van der Waals surface area (Å²) in [5.74, 6) is 0. The summed E-state index contributed by atoms with van der Waals surface area (Å²) >= 11 is 0. The fraction of sp³-hybridized carbons (Fsp3) is 0.0385. The highest BCUT2D eigenvalue weighted by Crippen LogP contribution is 2.18. The first kappa shape index (κ1) is 21.5. The first-order chi connectivity index (χ1) is 15.2. The third kappa shape index (κ3) is 6.94. The number of nitrogens with two attached hydrogens (primary N) is 1. The van der Waals surface area contributed by atoms with Crippen LogP contribution in [-0.2, 0) is 0 Å². The molecule has 0 atom stereocenters. The van der Waals surface area contributed by atoms with Crippen LogP contribution in [0.4, 0.5) is 28.4 Å². The highest BCUT2D eigenvalue weighted by Gasteiger charge is 2.07. The molecule has 1 aliphatic carbocycles. The van der Waals surface area contributed by atoms with Gasteiger partial charge < -0.3 is 11.1 Å². The van der Waals surface area contributed by atoms with Gasteiger partial charge in [-0.3, -0.25) is 0 Å². The Kier molecular flexibility index (Phi) is 7.66. The van der Waals surface area contributed by atoms with Crippen LogP contribution in [0.1, 0.15) is 0 Å². The van der Waals surface area contributed by atoms with Crippen LogP contribution in [0.2, 0.25) is 0 Å². The summed E-state index contributed by atoms with van der Waals surface area (Å²) in [7, 11) is 1.91. The molecule has 0 aliphatic heterocycles. The van der Waals surface area contributed by atoms with Crippen molar-refractivity contribution in [1.29, 1.82) is 0 Å². The van der Waals surface area contributed by atoms with Crippen molar-refractivity contribution in [3.63, 3.8) is 0 Å². The Morgan fingerprint density at radius 1 is 0.677 bits per heavy atom. The molecule has 3 aromatic rings. The van der Waals surface area contributed by atoms with Gasteiger partial charge in [0.15, 0.2) is 5.71 Å². The van der Waals surface area contributed by atoms with E-state index in [2.05, 4.69) is 63.4 Å². The maximum atomic E-state index is 5.36. The number of anilines is 3. The fourth-order valence-electron chi connectivity index (χ4n) is 2.81. The zero-order chi connectivity index (χ0) is 21.9. The van der Waals surface area contributed by atoms with E-state index >= 15 is 0 Å². The van der Waals surface area contributed by atoms with Gasteiger partial charge in [-0.1, -0.05) is 18.2 Å². The standard InChI is InChI=1S/C20H18N4.C6H7N/c1-21-15-3-7-17(8-4-15)23-19-11-13-20(14-12-19)24-18-9-5-16(22-2)6-10-18;7-6-4-2-1-3-5-6/h3-14,23H,1H2,2H3;1-5H,7H2/p+3. The zero-order valence-corrected chi connectivity index (χ0v) is 17.6. The van der Waals surface area contributed by atoms with E-state index in [0.29, 0.717) is 0 Å². The van der Waals surface area contributed by atoms with Crippen LogP contribution in [0.15, 0.2) is 103 Å². The van der Waals surface area contributed by atoms with Crippen molar-refractivity contribution in [1.82, 2.24) is 0 Å². The van der Waals surface area contributed by atoms with Crippen molar-refractivity contribution in [2.24, 2.45) is 0 Å². The lowest BCUT2D eigenvalue weighted by Gasteiger charge is -2.05. The molecule has 0 spiro atoms. The molecule has 4 rings (SSSR count). The van der Waals surface area contributed by atoms with Gasteiger partial charge in [0, 0.05) is 65.6 Å². The summed E-state index contributed by atoms with van der Waals surface area (Å²) in [4.78, 5) is 9.37. The van der Waals surface area contributed by atoms with Gasteiger partial charge in [0.1, 0.15) is 13.8 Å². The van der Waals surface area contributed by atoms with E-state index < -0.39 is 0 Å². The van der Waals surface area contributed by atoms with Crippen molar-refractivity contribution < 1.29 is 15.0 Å². The molecular formula is C26H28N5+3. The van der Waals surface area contributed by atoms with Crippen molar-refractivity contribution in [3.05, 3.63) is 103 Å². The van der Waals surface area contributed by atoms with Crippen molar-refractivity contribution in [3.8, 4) is 0 Å². The second kappa shape index (κ2) is 11.1. The molecule has 3 aromatic carbocycles. The summed E-state index contributed by atoms with van der Waals surface area (Å²) in [6.45, 7) is 3.64. The molecule has 0 heterocycles. The predicted octanol–water partition coefficient (Wildman–Crippen LogP) is 0.542. The van der Waals surface area contributed by atoms with E-state index in [1.165, 1.54) is 0 Å². The minimum atomic E-state index is 0.822. The van der Waals surface area contributed by atoms with Crippen LogP contribution in [0, 0.1) is 0 Å². The van der Waals surface area contributed by atoms with E-state index in [9.17, 15) is 0 Å². The van der Waals surface area contributed by atoms with Crippen LogP contribution < -0.4 is 26.0 Å². The van der Waals surface area contributed by atoms with Gasteiger partial charge in [-0.15, -0.1) is 0 Å². The Morgan fingerprint density at radius 2 is 1.19 bits per heavy atom. The summed E-state index contributed by atoms with van der Waals surface area (Å²) in [6, 6.07) is 25.7. The summed E-state index contributed by atoms with van der Waals surface area (Å²) in [6.07, 6.45) is 8.19. The third-order valence-electron chi connectivity index (χ3n) is 4.52. The Balaban J connectivity index is 0.000000330. The SMILES string of the molecule is C=[NH+]c1ccc(Nc2ccc([NH+]=C3C=CC(=[NH+]C)C=C3)cc2)cc1.Nc1ccccc1. The lowest BCUT2D eigenvalue weighted by atomic mass is 10.1. The van der Waals surface area contributed by atoms with Crippen LogP contribution in [-0.4, -0.2) is 25.2 Å². The Morgan fingerprint density at radius 3 is 1.65 bits per heavy atom. The van der Waals surface area contributed by atoms with E-state index in [0.717, 1.165) is 39.9 Å².